The van der Waals surface area contributed by atoms with Crippen molar-refractivity contribution in [2.45, 2.75) is 25.3 Å². The SMILES string of the molecule is O=C(NO)c1ccc(-c2ccc(CNC(=O)c3sc(C4CCNCC4)nc3-c3ccccc3)cc2)s1. The number of nitrogens with zero attached hydrogens (tertiary/aromatic N) is 1. The third kappa shape index (κ3) is 5.39. The summed E-state index contributed by atoms with van der Waals surface area (Å²) in [6.07, 6.45) is 2.07. The van der Waals surface area contributed by atoms with Crippen molar-refractivity contribution in [2.75, 3.05) is 13.1 Å². The van der Waals surface area contributed by atoms with E-state index in [1.165, 1.54) is 22.7 Å². The molecule has 4 N–H and O–H groups in total. The van der Waals surface area contributed by atoms with Gasteiger partial charge >= 0.3 is 0 Å². The van der Waals surface area contributed by atoms with Crippen LogP contribution >= 0.6 is 22.7 Å². The van der Waals surface area contributed by atoms with Crippen molar-refractivity contribution in [3.63, 3.8) is 0 Å². The summed E-state index contributed by atoms with van der Waals surface area (Å²) in [5.41, 5.74) is 5.30. The Kier molecular flexibility index (Phi) is 7.52. The van der Waals surface area contributed by atoms with E-state index in [1.807, 2.05) is 60.7 Å². The van der Waals surface area contributed by atoms with Crippen molar-refractivity contribution in [3.8, 4) is 21.7 Å². The molecule has 0 atom stereocenters. The standard InChI is InChI=1S/C27H26N4O3S2/c32-25(31-34)22-11-10-21(35-22)18-8-6-17(7-9-18)16-29-26(33)24-23(19-4-2-1-3-5-19)30-27(36-24)20-12-14-28-15-13-20/h1-11,20,28,34H,12-16H2,(H,29,33)(H,31,32). The first-order valence-electron chi connectivity index (χ1n) is 11.8. The van der Waals surface area contributed by atoms with Gasteiger partial charge in [0.2, 0.25) is 0 Å². The van der Waals surface area contributed by atoms with Crippen molar-refractivity contribution in [2.24, 2.45) is 0 Å². The molecule has 0 radical (unpaired) electrons. The Morgan fingerprint density at radius 3 is 2.39 bits per heavy atom. The number of hydrogen-bond acceptors (Lipinski definition) is 7. The summed E-state index contributed by atoms with van der Waals surface area (Å²) in [6.45, 7) is 2.35. The fourth-order valence-electron chi connectivity index (χ4n) is 4.25. The van der Waals surface area contributed by atoms with Crippen LogP contribution in [0.25, 0.3) is 21.7 Å². The Balaban J connectivity index is 1.30. The van der Waals surface area contributed by atoms with Gasteiger partial charge in [-0.05, 0) is 49.2 Å². The van der Waals surface area contributed by atoms with Crippen LogP contribution in [0.15, 0.2) is 66.7 Å². The molecule has 1 aliphatic heterocycles. The Morgan fingerprint density at radius 2 is 1.67 bits per heavy atom. The Morgan fingerprint density at radius 1 is 0.917 bits per heavy atom. The van der Waals surface area contributed by atoms with E-state index in [0.29, 0.717) is 22.2 Å². The minimum atomic E-state index is -0.521. The molecule has 184 valence electrons. The molecule has 1 saturated heterocycles. The van der Waals surface area contributed by atoms with E-state index in [1.54, 1.807) is 11.5 Å². The first-order valence-corrected chi connectivity index (χ1v) is 13.4. The van der Waals surface area contributed by atoms with E-state index >= 15 is 0 Å². The zero-order chi connectivity index (χ0) is 24.9. The largest absolute Gasteiger partial charge is 0.347 e. The van der Waals surface area contributed by atoms with Crippen molar-refractivity contribution in [3.05, 3.63) is 87.1 Å². The summed E-state index contributed by atoms with van der Waals surface area (Å²) in [5, 5.41) is 16.3. The lowest BCUT2D eigenvalue weighted by Crippen LogP contribution is -2.26. The molecule has 9 heteroatoms. The number of hydrogen-bond donors (Lipinski definition) is 4. The van der Waals surface area contributed by atoms with Crippen molar-refractivity contribution in [1.82, 2.24) is 21.1 Å². The topological polar surface area (TPSA) is 103 Å². The zero-order valence-corrected chi connectivity index (χ0v) is 21.1. The highest BCUT2D eigenvalue weighted by Crippen LogP contribution is 2.35. The summed E-state index contributed by atoms with van der Waals surface area (Å²) in [4.78, 5) is 31.8. The lowest BCUT2D eigenvalue weighted by Gasteiger charge is -2.20. The van der Waals surface area contributed by atoms with Gasteiger partial charge in [-0.15, -0.1) is 22.7 Å². The predicted octanol–water partition coefficient (Wildman–Crippen LogP) is 5.05. The lowest BCUT2D eigenvalue weighted by atomic mass is 9.99. The molecule has 5 rings (SSSR count). The second kappa shape index (κ2) is 11.1. The minimum Gasteiger partial charge on any atom is -0.347 e. The lowest BCUT2D eigenvalue weighted by molar-refractivity contribution is 0.0711. The van der Waals surface area contributed by atoms with Crippen molar-refractivity contribution >= 4 is 34.5 Å². The molecule has 2 amide bonds. The average molecular weight is 519 g/mol. The summed E-state index contributed by atoms with van der Waals surface area (Å²) in [6, 6.07) is 21.3. The molecule has 0 saturated carbocycles. The molecular weight excluding hydrogens is 492 g/mol. The van der Waals surface area contributed by atoms with Gasteiger partial charge in [-0.1, -0.05) is 54.6 Å². The third-order valence-electron chi connectivity index (χ3n) is 6.21. The number of carbonyl (C=O) groups is 2. The first-order chi connectivity index (χ1) is 17.6. The highest BCUT2D eigenvalue weighted by molar-refractivity contribution is 7.17. The van der Waals surface area contributed by atoms with E-state index in [2.05, 4.69) is 10.6 Å². The first kappa shape index (κ1) is 24.3. The van der Waals surface area contributed by atoms with Crippen LogP contribution in [0, 0.1) is 0 Å². The number of hydroxylamine groups is 1. The van der Waals surface area contributed by atoms with Crippen molar-refractivity contribution < 1.29 is 14.8 Å². The molecule has 2 aromatic carbocycles. The number of rotatable bonds is 7. The van der Waals surface area contributed by atoms with Gasteiger partial charge in [0, 0.05) is 22.9 Å². The molecule has 0 spiro atoms. The van der Waals surface area contributed by atoms with Gasteiger partial charge in [-0.2, -0.15) is 0 Å². The minimum absolute atomic E-state index is 0.117. The maximum Gasteiger partial charge on any atom is 0.284 e. The predicted molar refractivity (Wildman–Crippen MR) is 143 cm³/mol. The zero-order valence-electron chi connectivity index (χ0n) is 19.5. The maximum atomic E-state index is 13.3. The number of thiazole rings is 1. The van der Waals surface area contributed by atoms with E-state index in [-0.39, 0.29) is 5.91 Å². The van der Waals surface area contributed by atoms with Crippen LogP contribution in [0.1, 0.15) is 48.7 Å². The number of carbonyl (C=O) groups excluding carboxylic acids is 2. The van der Waals surface area contributed by atoms with Gasteiger partial charge in [0.1, 0.15) is 4.88 Å². The van der Waals surface area contributed by atoms with Gasteiger partial charge in [0.25, 0.3) is 11.8 Å². The second-order valence-corrected chi connectivity index (χ2v) is 10.7. The van der Waals surface area contributed by atoms with Crippen LogP contribution in [0.2, 0.25) is 0 Å². The van der Waals surface area contributed by atoms with Gasteiger partial charge in [-0.25, -0.2) is 10.5 Å². The molecule has 3 heterocycles. The second-order valence-electron chi connectivity index (χ2n) is 8.60. The summed E-state index contributed by atoms with van der Waals surface area (Å²) < 4.78 is 0. The van der Waals surface area contributed by atoms with Crippen LogP contribution in [0.3, 0.4) is 0 Å². The smallest absolute Gasteiger partial charge is 0.284 e. The Labute approximate surface area is 217 Å². The number of aromatic nitrogens is 1. The van der Waals surface area contributed by atoms with Gasteiger partial charge in [-0.3, -0.25) is 14.8 Å². The molecule has 7 nitrogen and oxygen atoms in total. The molecule has 0 aliphatic carbocycles. The molecule has 0 bridgehead atoms. The van der Waals surface area contributed by atoms with Crippen molar-refractivity contribution in [1.29, 1.82) is 0 Å². The highest BCUT2D eigenvalue weighted by Gasteiger charge is 2.25. The number of piperidine rings is 1. The van der Waals surface area contributed by atoms with E-state index < -0.39 is 5.91 Å². The molecule has 4 aromatic rings. The summed E-state index contributed by atoms with van der Waals surface area (Å²) >= 11 is 2.81. The van der Waals surface area contributed by atoms with Crippen LogP contribution in [-0.2, 0) is 6.54 Å². The fraction of sp³-hybridized carbons (Fsp3) is 0.222. The van der Waals surface area contributed by atoms with E-state index in [9.17, 15) is 9.59 Å². The Hall–Kier alpha value is -3.37. The number of nitrogens with one attached hydrogen (secondary N) is 3. The van der Waals surface area contributed by atoms with Gasteiger partial charge < -0.3 is 10.6 Å². The molecule has 2 aromatic heterocycles. The average Bonchev–Trinajstić information content (AvgIpc) is 3.61. The number of thiophene rings is 1. The Bertz CT molecular complexity index is 1340. The van der Waals surface area contributed by atoms with Gasteiger partial charge in [0.15, 0.2) is 0 Å². The highest BCUT2D eigenvalue weighted by atomic mass is 32.1. The summed E-state index contributed by atoms with van der Waals surface area (Å²) in [7, 11) is 0. The molecule has 1 aliphatic rings. The van der Waals surface area contributed by atoms with Crippen LogP contribution < -0.4 is 16.1 Å². The number of amides is 2. The summed E-state index contributed by atoms with van der Waals surface area (Å²) in [5.74, 6) is -0.255. The fourth-order valence-corrected chi connectivity index (χ4v) is 6.32. The molecular formula is C27H26N4O3S2. The monoisotopic (exact) mass is 518 g/mol. The normalized spacial score (nSPS) is 13.9. The third-order valence-corrected chi connectivity index (χ3v) is 8.56. The van der Waals surface area contributed by atoms with E-state index in [4.69, 9.17) is 10.2 Å². The van der Waals surface area contributed by atoms with Crippen LogP contribution in [-0.4, -0.2) is 35.1 Å². The van der Waals surface area contributed by atoms with Crippen LogP contribution in [0.5, 0.6) is 0 Å². The quantitative estimate of drug-likeness (QED) is 0.202. The molecule has 1 fully saturated rings. The van der Waals surface area contributed by atoms with E-state index in [0.717, 1.165) is 58.2 Å². The molecule has 0 unspecified atom stereocenters. The maximum absolute atomic E-state index is 13.3. The molecule has 36 heavy (non-hydrogen) atoms. The van der Waals surface area contributed by atoms with Crippen LogP contribution in [0.4, 0.5) is 0 Å². The van der Waals surface area contributed by atoms with Gasteiger partial charge in [0.05, 0.1) is 15.6 Å². The number of benzene rings is 2.